The van der Waals surface area contributed by atoms with Crippen molar-refractivity contribution in [2.75, 3.05) is 57.3 Å². The zero-order chi connectivity index (χ0) is 31.0. The van der Waals surface area contributed by atoms with Crippen LogP contribution in [0.5, 0.6) is 11.5 Å². The molecule has 0 atom stereocenters. The van der Waals surface area contributed by atoms with E-state index in [4.69, 9.17) is 15.3 Å². The number of rotatable bonds is 10. The topological polar surface area (TPSA) is 111 Å². The van der Waals surface area contributed by atoms with Gasteiger partial charge >= 0.3 is 6.36 Å². The van der Waals surface area contributed by atoms with Crippen LogP contribution >= 0.6 is 0 Å². The molecule has 224 valence electrons. The first-order valence-corrected chi connectivity index (χ1v) is 12.7. The molecule has 0 fully saturated rings. The summed E-state index contributed by atoms with van der Waals surface area (Å²) in [6, 6.07) is 10.1. The van der Waals surface area contributed by atoms with Crippen LogP contribution in [0.15, 0.2) is 61.4 Å². The summed E-state index contributed by atoms with van der Waals surface area (Å²) < 4.78 is 51.5. The number of carbonyl (C=O) groups is 1. The van der Waals surface area contributed by atoms with Gasteiger partial charge in [-0.3, -0.25) is 4.79 Å². The van der Waals surface area contributed by atoms with Crippen molar-refractivity contribution in [3.8, 4) is 22.8 Å². The highest BCUT2D eigenvalue weighted by molar-refractivity contribution is 5.96. The van der Waals surface area contributed by atoms with E-state index in [1.54, 1.807) is 25.1 Å². The Morgan fingerprint density at radius 1 is 1.14 bits per heavy atom. The van der Waals surface area contributed by atoms with Crippen LogP contribution in [0.3, 0.4) is 0 Å². The summed E-state index contributed by atoms with van der Waals surface area (Å²) in [5.41, 5.74) is 9.28. The standard InChI is InChI=1S/C26H30F3N7O2.C3H4O/c1-34(2)10-11-35(3)23-14-24(38-26(27,28)29)21(13-19(23)30)33-25-31-9-8-20(32-25)18-15-36(4)22-12-16(37-5)6-7-17(18)22;1-2-3-4/h6-9,12-15H,10-11,30H2,1-5H3,(H,31,32,33);2-3H,1H2. The Bertz CT molecular complexity index is 1530. The van der Waals surface area contributed by atoms with Gasteiger partial charge < -0.3 is 34.9 Å². The number of aryl methyl sites for hydroxylation is 1. The molecule has 0 amide bonds. The van der Waals surface area contributed by atoms with Crippen LogP contribution < -0.4 is 25.4 Å². The van der Waals surface area contributed by atoms with Gasteiger partial charge in [0.25, 0.3) is 0 Å². The first-order chi connectivity index (χ1) is 19.9. The number of nitrogens with zero attached hydrogens (tertiary/aromatic N) is 5. The van der Waals surface area contributed by atoms with E-state index in [0.717, 1.165) is 22.2 Å². The van der Waals surface area contributed by atoms with E-state index >= 15 is 0 Å². The first kappa shape index (κ1) is 31.7. The average molecular weight is 586 g/mol. The third kappa shape index (κ3) is 8.13. The number of hydrogen-bond donors (Lipinski definition) is 2. The minimum Gasteiger partial charge on any atom is -0.497 e. The number of nitrogens with one attached hydrogen (secondary N) is 1. The van der Waals surface area contributed by atoms with Gasteiger partial charge in [0, 0.05) is 62.7 Å². The molecule has 0 unspecified atom stereocenters. The third-order valence-corrected chi connectivity index (χ3v) is 6.12. The fraction of sp³-hybridized carbons (Fsp3) is 0.276. The van der Waals surface area contributed by atoms with Crippen LogP contribution in [0.1, 0.15) is 0 Å². The van der Waals surface area contributed by atoms with Gasteiger partial charge in [0.15, 0.2) is 5.75 Å². The second-order valence-electron chi connectivity index (χ2n) is 9.48. The first-order valence-electron chi connectivity index (χ1n) is 12.7. The number of methoxy groups -OCH3 is 1. The van der Waals surface area contributed by atoms with Crippen molar-refractivity contribution in [1.29, 1.82) is 0 Å². The number of aromatic nitrogens is 3. The number of halogens is 3. The smallest absolute Gasteiger partial charge is 0.497 e. The molecule has 2 heterocycles. The Labute approximate surface area is 242 Å². The molecule has 0 spiro atoms. The van der Waals surface area contributed by atoms with Gasteiger partial charge in [0.2, 0.25) is 5.95 Å². The number of nitrogen functional groups attached to an aromatic ring is 1. The lowest BCUT2D eigenvalue weighted by Crippen LogP contribution is -2.29. The number of carbonyl (C=O) groups excluding carboxylic acids is 1. The molecule has 0 bridgehead atoms. The van der Waals surface area contributed by atoms with E-state index < -0.39 is 12.1 Å². The monoisotopic (exact) mass is 585 g/mol. The number of benzene rings is 2. The Morgan fingerprint density at radius 3 is 2.48 bits per heavy atom. The summed E-state index contributed by atoms with van der Waals surface area (Å²) in [6.07, 6.45) is 0.383. The lowest BCUT2D eigenvalue weighted by molar-refractivity contribution is -0.274. The number of anilines is 4. The number of fused-ring (bicyclic) bond motifs is 1. The Hall–Kier alpha value is -4.78. The van der Waals surface area contributed by atoms with Crippen molar-refractivity contribution >= 4 is 40.2 Å². The predicted octanol–water partition coefficient (Wildman–Crippen LogP) is 5.24. The van der Waals surface area contributed by atoms with Crippen LogP contribution in [-0.4, -0.2) is 73.4 Å². The Morgan fingerprint density at radius 2 is 1.86 bits per heavy atom. The largest absolute Gasteiger partial charge is 0.573 e. The zero-order valence-electron chi connectivity index (χ0n) is 24.1. The quantitative estimate of drug-likeness (QED) is 0.147. The van der Waals surface area contributed by atoms with Crippen molar-refractivity contribution in [3.63, 3.8) is 0 Å². The van der Waals surface area contributed by atoms with Crippen LogP contribution in [0.4, 0.5) is 36.2 Å². The summed E-state index contributed by atoms with van der Waals surface area (Å²) in [4.78, 5) is 21.6. The second kappa shape index (κ2) is 13.7. The zero-order valence-corrected chi connectivity index (χ0v) is 24.1. The van der Waals surface area contributed by atoms with Gasteiger partial charge in [0.1, 0.15) is 12.0 Å². The van der Waals surface area contributed by atoms with Crippen LogP contribution in [-0.2, 0) is 11.8 Å². The lowest BCUT2D eigenvalue weighted by Gasteiger charge is -2.25. The molecule has 0 saturated heterocycles. The fourth-order valence-corrected chi connectivity index (χ4v) is 4.08. The molecule has 0 saturated carbocycles. The maximum absolute atomic E-state index is 13.3. The van der Waals surface area contributed by atoms with E-state index in [-0.39, 0.29) is 17.3 Å². The van der Waals surface area contributed by atoms with Crippen molar-refractivity contribution in [1.82, 2.24) is 19.4 Å². The Kier molecular flexibility index (Phi) is 10.4. The summed E-state index contributed by atoms with van der Waals surface area (Å²) >= 11 is 0. The number of nitrogens with two attached hydrogens (primary N) is 1. The van der Waals surface area contributed by atoms with Crippen molar-refractivity contribution < 1.29 is 27.4 Å². The van der Waals surface area contributed by atoms with E-state index in [0.29, 0.717) is 30.8 Å². The van der Waals surface area contributed by atoms with Crippen LogP contribution in [0.2, 0.25) is 0 Å². The molecule has 2 aromatic heterocycles. The van der Waals surface area contributed by atoms with Gasteiger partial charge in [-0.15, -0.1) is 13.2 Å². The second-order valence-corrected chi connectivity index (χ2v) is 9.48. The molecule has 10 nitrogen and oxygen atoms in total. The average Bonchev–Trinajstić information content (AvgIpc) is 3.28. The van der Waals surface area contributed by atoms with Crippen molar-refractivity contribution in [3.05, 3.63) is 61.4 Å². The lowest BCUT2D eigenvalue weighted by atomic mass is 10.1. The highest BCUT2D eigenvalue weighted by Gasteiger charge is 2.33. The van der Waals surface area contributed by atoms with Gasteiger partial charge in [-0.2, -0.15) is 0 Å². The number of likely N-dealkylation sites (N-methyl/N-ethyl adjacent to an activating group) is 2. The summed E-state index contributed by atoms with van der Waals surface area (Å²) in [5, 5.41) is 3.79. The summed E-state index contributed by atoms with van der Waals surface area (Å²) in [6.45, 7) is 4.35. The third-order valence-electron chi connectivity index (χ3n) is 6.12. The van der Waals surface area contributed by atoms with Crippen molar-refractivity contribution in [2.45, 2.75) is 6.36 Å². The number of aldehydes is 1. The minimum absolute atomic E-state index is 0.00982. The normalized spacial score (nSPS) is 11.1. The maximum atomic E-state index is 13.3. The molecule has 0 aliphatic rings. The molecule has 3 N–H and O–H groups in total. The highest BCUT2D eigenvalue weighted by atomic mass is 19.4. The predicted molar refractivity (Wildman–Crippen MR) is 159 cm³/mol. The van der Waals surface area contributed by atoms with E-state index in [9.17, 15) is 13.2 Å². The van der Waals surface area contributed by atoms with E-state index in [1.165, 1.54) is 24.4 Å². The molecule has 0 radical (unpaired) electrons. The van der Waals surface area contributed by atoms with Gasteiger partial charge in [-0.1, -0.05) is 6.58 Å². The van der Waals surface area contributed by atoms with Gasteiger partial charge in [-0.25, -0.2) is 9.97 Å². The molecule has 2 aromatic carbocycles. The number of allylic oxidation sites excluding steroid dienone is 1. The molecule has 42 heavy (non-hydrogen) atoms. The molecular weight excluding hydrogens is 551 g/mol. The molecule has 0 aliphatic carbocycles. The van der Waals surface area contributed by atoms with Gasteiger partial charge in [0.05, 0.1) is 35.4 Å². The molecule has 0 aliphatic heterocycles. The molecule has 4 rings (SSSR count). The van der Waals surface area contributed by atoms with Crippen LogP contribution in [0, 0.1) is 0 Å². The molecule has 13 heteroatoms. The summed E-state index contributed by atoms with van der Waals surface area (Å²) in [7, 11) is 9.08. The van der Waals surface area contributed by atoms with E-state index in [1.807, 2.05) is 55.0 Å². The molecular formula is C29H34F3N7O3. The van der Waals surface area contributed by atoms with Crippen LogP contribution in [0.25, 0.3) is 22.2 Å². The maximum Gasteiger partial charge on any atom is 0.573 e. The SMILES string of the molecule is C=CC=O.COc1ccc2c(-c3ccnc(Nc4cc(N)c(N(C)CCN(C)C)cc4OC(F)(F)F)n3)cn(C)c2c1. The molecule has 4 aromatic rings. The number of alkyl halides is 3. The number of ether oxygens (including phenoxy) is 2. The fourth-order valence-electron chi connectivity index (χ4n) is 4.08. The van der Waals surface area contributed by atoms with Gasteiger partial charge in [-0.05, 0) is 44.4 Å². The van der Waals surface area contributed by atoms with Crippen molar-refractivity contribution in [2.24, 2.45) is 7.05 Å². The summed E-state index contributed by atoms with van der Waals surface area (Å²) in [5.74, 6) is 0.374. The Balaban J connectivity index is 0.00000114. The highest BCUT2D eigenvalue weighted by Crippen LogP contribution is 2.39. The van der Waals surface area contributed by atoms with E-state index in [2.05, 4.69) is 26.6 Å². The minimum atomic E-state index is -4.90. The number of hydrogen-bond acceptors (Lipinski definition) is 9.